The summed E-state index contributed by atoms with van der Waals surface area (Å²) in [4.78, 5) is 0.0867. The lowest BCUT2D eigenvalue weighted by Crippen LogP contribution is -2.33. The third-order valence-electron chi connectivity index (χ3n) is 4.65. The SMILES string of the molecule is Cc1ccc(S(=O)(=O)N2CCC(c3ccccc3)S(=O)(=O)CC2)cc1Cl. The smallest absolute Gasteiger partial charge is 0.228 e. The molecule has 1 atom stereocenters. The maximum atomic E-state index is 12.9. The average molecular weight is 414 g/mol. The van der Waals surface area contributed by atoms with Gasteiger partial charge in [0.1, 0.15) is 0 Å². The van der Waals surface area contributed by atoms with Crippen LogP contribution >= 0.6 is 11.6 Å². The summed E-state index contributed by atoms with van der Waals surface area (Å²) in [5.41, 5.74) is 1.48. The molecule has 0 saturated carbocycles. The van der Waals surface area contributed by atoms with Gasteiger partial charge in [0.25, 0.3) is 0 Å². The lowest BCUT2D eigenvalue weighted by molar-refractivity contribution is 0.428. The first-order valence-electron chi connectivity index (χ1n) is 8.24. The first kappa shape index (κ1) is 19.4. The Hall–Kier alpha value is -1.41. The summed E-state index contributed by atoms with van der Waals surface area (Å²) in [7, 11) is -7.23. The van der Waals surface area contributed by atoms with Gasteiger partial charge in [0, 0.05) is 18.1 Å². The molecule has 2 aromatic carbocycles. The lowest BCUT2D eigenvalue weighted by atomic mass is 10.1. The molecular weight excluding hydrogens is 394 g/mol. The van der Waals surface area contributed by atoms with E-state index in [2.05, 4.69) is 0 Å². The van der Waals surface area contributed by atoms with E-state index in [1.807, 2.05) is 6.07 Å². The standard InChI is InChI=1S/C18H20ClNO4S2/c1-14-7-8-16(13-17(14)19)26(23,24)20-10-9-18(25(21,22)12-11-20)15-5-3-2-4-6-15/h2-8,13,18H,9-12H2,1H3. The monoisotopic (exact) mass is 413 g/mol. The van der Waals surface area contributed by atoms with Crippen LogP contribution in [0.25, 0.3) is 0 Å². The van der Waals surface area contributed by atoms with Crippen LogP contribution < -0.4 is 0 Å². The molecule has 0 bridgehead atoms. The van der Waals surface area contributed by atoms with Crippen LogP contribution in [0.15, 0.2) is 53.4 Å². The van der Waals surface area contributed by atoms with Crippen LogP contribution in [0.2, 0.25) is 5.02 Å². The number of halogens is 1. The fourth-order valence-corrected chi connectivity index (χ4v) is 6.73. The van der Waals surface area contributed by atoms with Crippen molar-refractivity contribution in [1.82, 2.24) is 4.31 Å². The predicted octanol–water partition coefficient (Wildman–Crippen LogP) is 3.20. The first-order chi connectivity index (χ1) is 12.2. The van der Waals surface area contributed by atoms with Crippen LogP contribution in [0, 0.1) is 6.92 Å². The fourth-order valence-electron chi connectivity index (χ4n) is 3.09. The quantitative estimate of drug-likeness (QED) is 0.774. The third-order valence-corrected chi connectivity index (χ3v) is 9.08. The zero-order chi connectivity index (χ0) is 18.9. The number of sulfone groups is 1. The Labute approximate surface area is 159 Å². The summed E-state index contributed by atoms with van der Waals surface area (Å²) < 4.78 is 52.4. The summed E-state index contributed by atoms with van der Waals surface area (Å²) in [6.07, 6.45) is 0.227. The van der Waals surface area contributed by atoms with E-state index in [1.165, 1.54) is 16.4 Å². The van der Waals surface area contributed by atoms with E-state index in [-0.39, 0.29) is 30.2 Å². The van der Waals surface area contributed by atoms with Crippen molar-refractivity contribution in [2.24, 2.45) is 0 Å². The predicted molar refractivity (Wildman–Crippen MR) is 103 cm³/mol. The van der Waals surface area contributed by atoms with E-state index < -0.39 is 25.1 Å². The Balaban J connectivity index is 1.91. The maximum Gasteiger partial charge on any atom is 0.243 e. The van der Waals surface area contributed by atoms with Gasteiger partial charge in [-0.05, 0) is 36.6 Å². The van der Waals surface area contributed by atoms with Crippen LogP contribution in [0.4, 0.5) is 0 Å². The van der Waals surface area contributed by atoms with Crippen molar-refractivity contribution in [2.45, 2.75) is 23.5 Å². The van der Waals surface area contributed by atoms with E-state index in [9.17, 15) is 16.8 Å². The van der Waals surface area contributed by atoms with E-state index in [1.54, 1.807) is 37.3 Å². The van der Waals surface area contributed by atoms with E-state index >= 15 is 0 Å². The highest BCUT2D eigenvalue weighted by atomic mass is 35.5. The third kappa shape index (κ3) is 3.81. The molecule has 0 spiro atoms. The van der Waals surface area contributed by atoms with Gasteiger partial charge in [-0.15, -0.1) is 0 Å². The normalized spacial score (nSPS) is 21.2. The van der Waals surface area contributed by atoms with Gasteiger partial charge in [0.2, 0.25) is 10.0 Å². The molecule has 1 aliphatic rings. The number of hydrogen-bond acceptors (Lipinski definition) is 4. The molecule has 26 heavy (non-hydrogen) atoms. The van der Waals surface area contributed by atoms with Crippen molar-refractivity contribution in [2.75, 3.05) is 18.8 Å². The van der Waals surface area contributed by atoms with Gasteiger partial charge in [-0.1, -0.05) is 48.0 Å². The molecule has 0 radical (unpaired) electrons. The molecular formula is C18H20ClNO4S2. The molecule has 140 valence electrons. The van der Waals surface area contributed by atoms with Gasteiger partial charge in [-0.25, -0.2) is 16.8 Å². The van der Waals surface area contributed by atoms with Crippen LogP contribution in [0.1, 0.15) is 22.8 Å². The Morgan fingerprint density at radius 2 is 1.77 bits per heavy atom. The zero-order valence-electron chi connectivity index (χ0n) is 14.3. The number of sulfonamides is 1. The van der Waals surface area contributed by atoms with Crippen molar-refractivity contribution in [3.05, 3.63) is 64.7 Å². The van der Waals surface area contributed by atoms with Crippen molar-refractivity contribution in [1.29, 1.82) is 0 Å². The number of aryl methyl sites for hydroxylation is 1. The van der Waals surface area contributed by atoms with E-state index in [4.69, 9.17) is 11.6 Å². The Morgan fingerprint density at radius 1 is 1.08 bits per heavy atom. The fraction of sp³-hybridized carbons (Fsp3) is 0.333. The Kier molecular flexibility index (Phi) is 5.44. The molecule has 0 aromatic heterocycles. The number of hydrogen-bond donors (Lipinski definition) is 0. The van der Waals surface area contributed by atoms with E-state index in [0.717, 1.165) is 5.56 Å². The van der Waals surface area contributed by atoms with Crippen LogP contribution in [0.5, 0.6) is 0 Å². The first-order valence-corrected chi connectivity index (χ1v) is 11.8. The molecule has 2 aromatic rings. The molecule has 1 heterocycles. The molecule has 1 fully saturated rings. The molecule has 1 unspecified atom stereocenters. The second-order valence-electron chi connectivity index (χ2n) is 6.37. The van der Waals surface area contributed by atoms with Crippen LogP contribution in [-0.4, -0.2) is 40.0 Å². The summed E-state index contributed by atoms with van der Waals surface area (Å²) >= 11 is 6.06. The van der Waals surface area contributed by atoms with Gasteiger partial charge < -0.3 is 0 Å². The highest BCUT2D eigenvalue weighted by molar-refractivity contribution is 7.92. The number of nitrogens with zero attached hydrogens (tertiary/aromatic N) is 1. The topological polar surface area (TPSA) is 71.5 Å². The minimum absolute atomic E-state index is 0.0561. The van der Waals surface area contributed by atoms with Gasteiger partial charge >= 0.3 is 0 Å². The highest BCUT2D eigenvalue weighted by Crippen LogP contribution is 2.31. The Bertz CT molecular complexity index is 1000. The van der Waals surface area contributed by atoms with Gasteiger partial charge in [-0.2, -0.15) is 4.31 Å². The number of benzene rings is 2. The van der Waals surface area contributed by atoms with Gasteiger partial charge in [0.05, 0.1) is 15.9 Å². The second kappa shape index (κ2) is 7.31. The molecule has 1 aliphatic heterocycles. The zero-order valence-corrected chi connectivity index (χ0v) is 16.7. The number of rotatable bonds is 3. The van der Waals surface area contributed by atoms with Crippen molar-refractivity contribution in [3.63, 3.8) is 0 Å². The summed E-state index contributed by atoms with van der Waals surface area (Å²) in [6.45, 7) is 1.88. The van der Waals surface area contributed by atoms with Crippen molar-refractivity contribution in [3.8, 4) is 0 Å². The lowest BCUT2D eigenvalue weighted by Gasteiger charge is -2.20. The van der Waals surface area contributed by atoms with Crippen molar-refractivity contribution >= 4 is 31.5 Å². The van der Waals surface area contributed by atoms with Crippen molar-refractivity contribution < 1.29 is 16.8 Å². The minimum atomic E-state index is -3.80. The van der Waals surface area contributed by atoms with Gasteiger partial charge in [-0.3, -0.25) is 0 Å². The Morgan fingerprint density at radius 3 is 2.42 bits per heavy atom. The summed E-state index contributed by atoms with van der Waals surface area (Å²) in [6, 6.07) is 13.5. The van der Waals surface area contributed by atoms with Crippen LogP contribution in [0.3, 0.4) is 0 Å². The molecule has 0 N–H and O–H groups in total. The van der Waals surface area contributed by atoms with Crippen LogP contribution in [-0.2, 0) is 19.9 Å². The molecule has 5 nitrogen and oxygen atoms in total. The largest absolute Gasteiger partial charge is 0.243 e. The van der Waals surface area contributed by atoms with Gasteiger partial charge in [0.15, 0.2) is 9.84 Å². The molecule has 1 saturated heterocycles. The highest BCUT2D eigenvalue weighted by Gasteiger charge is 2.35. The maximum absolute atomic E-state index is 12.9. The molecule has 0 amide bonds. The molecule has 3 rings (SSSR count). The molecule has 8 heteroatoms. The second-order valence-corrected chi connectivity index (χ2v) is 11.0. The molecule has 0 aliphatic carbocycles. The van der Waals surface area contributed by atoms with E-state index in [0.29, 0.717) is 10.6 Å². The summed E-state index contributed by atoms with van der Waals surface area (Å²) in [5.74, 6) is -0.203. The summed E-state index contributed by atoms with van der Waals surface area (Å²) in [5, 5.41) is -0.318. The average Bonchev–Trinajstić information content (AvgIpc) is 2.76. The minimum Gasteiger partial charge on any atom is -0.228 e.